The lowest BCUT2D eigenvalue weighted by Gasteiger charge is -2.03. The van der Waals surface area contributed by atoms with E-state index in [1.54, 1.807) is 0 Å². The maximum atomic E-state index is 11.9. The van der Waals surface area contributed by atoms with Crippen LogP contribution in [0.25, 0.3) is 0 Å². The normalized spacial score (nSPS) is 10.7. The van der Waals surface area contributed by atoms with Crippen LogP contribution < -0.4 is 0 Å². The summed E-state index contributed by atoms with van der Waals surface area (Å²) in [7, 11) is 0. The first-order valence-electron chi connectivity index (χ1n) is 3.60. The second-order valence-electron chi connectivity index (χ2n) is 2.47. The van der Waals surface area contributed by atoms with Crippen LogP contribution in [0, 0.1) is 0 Å². The number of carbonyl (C=O) groups is 1. The number of halogens is 2. The zero-order valence-electron chi connectivity index (χ0n) is 6.65. The van der Waals surface area contributed by atoms with Crippen molar-refractivity contribution < 1.29 is 18.7 Å². The Morgan fingerprint density at radius 2 is 2.38 bits per heavy atom. The van der Waals surface area contributed by atoms with Gasteiger partial charge in [-0.15, -0.1) is 0 Å². The lowest BCUT2D eigenvalue weighted by atomic mass is 10.3. The zero-order valence-corrected chi connectivity index (χ0v) is 6.65. The molecule has 1 aromatic heterocycles. The standard InChI is InChI=1S/C7H8F2N2O2/c8-6(9)4-11-5(1-2-10-11)3-7(12)13/h1-2,6H,3-4H2,(H,12,13). The van der Waals surface area contributed by atoms with Crippen LogP contribution in [0.15, 0.2) is 12.3 Å². The highest BCUT2D eigenvalue weighted by atomic mass is 19.3. The molecule has 0 aliphatic carbocycles. The Bertz CT molecular complexity index is 298. The molecular weight excluding hydrogens is 182 g/mol. The van der Waals surface area contributed by atoms with Gasteiger partial charge in [-0.25, -0.2) is 8.78 Å². The predicted molar refractivity (Wildman–Crippen MR) is 39.6 cm³/mol. The van der Waals surface area contributed by atoms with E-state index in [9.17, 15) is 13.6 Å². The molecule has 0 aromatic carbocycles. The van der Waals surface area contributed by atoms with Crippen molar-refractivity contribution in [1.82, 2.24) is 9.78 Å². The van der Waals surface area contributed by atoms with Crippen LogP contribution in [0.3, 0.4) is 0 Å². The molecular formula is C7H8F2N2O2. The first-order valence-corrected chi connectivity index (χ1v) is 3.60. The highest BCUT2D eigenvalue weighted by molar-refractivity contribution is 5.69. The number of carboxylic acid groups (broad SMARTS) is 1. The van der Waals surface area contributed by atoms with Crippen molar-refractivity contribution in [2.45, 2.75) is 19.4 Å². The maximum absolute atomic E-state index is 11.9. The summed E-state index contributed by atoms with van der Waals surface area (Å²) < 4.78 is 24.8. The van der Waals surface area contributed by atoms with E-state index >= 15 is 0 Å². The van der Waals surface area contributed by atoms with Crippen molar-refractivity contribution in [2.75, 3.05) is 0 Å². The fraction of sp³-hybridized carbons (Fsp3) is 0.429. The first kappa shape index (κ1) is 9.63. The third-order valence-corrected chi connectivity index (χ3v) is 1.45. The third-order valence-electron chi connectivity index (χ3n) is 1.45. The van der Waals surface area contributed by atoms with Crippen LogP contribution in [-0.4, -0.2) is 27.3 Å². The van der Waals surface area contributed by atoms with Crippen molar-refractivity contribution in [3.8, 4) is 0 Å². The number of nitrogens with zero attached hydrogens (tertiary/aromatic N) is 2. The van der Waals surface area contributed by atoms with E-state index in [1.165, 1.54) is 12.3 Å². The average Bonchev–Trinajstić information content (AvgIpc) is 2.34. The molecule has 0 atom stereocenters. The minimum atomic E-state index is -2.52. The van der Waals surface area contributed by atoms with Crippen LogP contribution in [0.5, 0.6) is 0 Å². The van der Waals surface area contributed by atoms with Gasteiger partial charge >= 0.3 is 5.97 Å². The predicted octanol–water partition coefficient (Wildman–Crippen LogP) is 0.775. The highest BCUT2D eigenvalue weighted by Gasteiger charge is 2.10. The Morgan fingerprint density at radius 3 is 2.92 bits per heavy atom. The summed E-state index contributed by atoms with van der Waals surface area (Å²) in [4.78, 5) is 10.3. The summed E-state index contributed by atoms with van der Waals surface area (Å²) in [6.45, 7) is -0.560. The summed E-state index contributed by atoms with van der Waals surface area (Å²) in [6.07, 6.45) is -1.50. The number of alkyl halides is 2. The maximum Gasteiger partial charge on any atom is 0.309 e. The molecule has 0 spiro atoms. The number of carboxylic acids is 1. The molecule has 13 heavy (non-hydrogen) atoms. The van der Waals surface area contributed by atoms with Crippen molar-refractivity contribution in [3.05, 3.63) is 18.0 Å². The quantitative estimate of drug-likeness (QED) is 0.763. The number of aliphatic carboxylic acids is 1. The number of hydrogen-bond acceptors (Lipinski definition) is 2. The summed E-state index contributed by atoms with van der Waals surface area (Å²) in [6, 6.07) is 1.41. The molecule has 1 rings (SSSR count). The largest absolute Gasteiger partial charge is 0.481 e. The molecule has 1 heterocycles. The lowest BCUT2D eigenvalue weighted by Crippen LogP contribution is -2.13. The molecule has 0 fully saturated rings. The van der Waals surface area contributed by atoms with E-state index < -0.39 is 18.9 Å². The zero-order chi connectivity index (χ0) is 9.84. The van der Waals surface area contributed by atoms with Gasteiger partial charge in [0.25, 0.3) is 6.43 Å². The molecule has 0 aliphatic rings. The van der Waals surface area contributed by atoms with Crippen LogP contribution in [0.1, 0.15) is 5.69 Å². The second kappa shape index (κ2) is 3.97. The molecule has 1 aromatic rings. The number of hydrogen-bond donors (Lipinski definition) is 1. The monoisotopic (exact) mass is 190 g/mol. The fourth-order valence-electron chi connectivity index (χ4n) is 0.960. The Balaban J connectivity index is 2.71. The van der Waals surface area contributed by atoms with Crippen molar-refractivity contribution in [2.24, 2.45) is 0 Å². The van der Waals surface area contributed by atoms with E-state index in [-0.39, 0.29) is 12.1 Å². The van der Waals surface area contributed by atoms with E-state index in [2.05, 4.69) is 5.10 Å². The van der Waals surface area contributed by atoms with Crippen molar-refractivity contribution in [3.63, 3.8) is 0 Å². The lowest BCUT2D eigenvalue weighted by molar-refractivity contribution is -0.136. The minimum Gasteiger partial charge on any atom is -0.481 e. The Kier molecular flexibility index (Phi) is 2.94. The Morgan fingerprint density at radius 1 is 1.69 bits per heavy atom. The van der Waals surface area contributed by atoms with E-state index in [0.29, 0.717) is 0 Å². The van der Waals surface area contributed by atoms with Crippen molar-refractivity contribution in [1.29, 1.82) is 0 Å². The van der Waals surface area contributed by atoms with Crippen LogP contribution in [0.4, 0.5) is 8.78 Å². The van der Waals surface area contributed by atoms with Gasteiger partial charge in [0.05, 0.1) is 6.42 Å². The van der Waals surface area contributed by atoms with Gasteiger partial charge in [0.2, 0.25) is 0 Å². The van der Waals surface area contributed by atoms with Gasteiger partial charge < -0.3 is 5.11 Å². The first-order chi connectivity index (χ1) is 6.09. The topological polar surface area (TPSA) is 55.1 Å². The van der Waals surface area contributed by atoms with Gasteiger partial charge in [0.15, 0.2) is 0 Å². The summed E-state index contributed by atoms with van der Waals surface area (Å²) in [5.41, 5.74) is 0.285. The van der Waals surface area contributed by atoms with Gasteiger partial charge in [-0.1, -0.05) is 0 Å². The van der Waals surface area contributed by atoms with E-state index in [0.717, 1.165) is 4.68 Å². The molecule has 72 valence electrons. The van der Waals surface area contributed by atoms with Gasteiger partial charge in [0, 0.05) is 11.9 Å². The average molecular weight is 190 g/mol. The molecule has 0 aliphatic heterocycles. The van der Waals surface area contributed by atoms with Gasteiger partial charge in [-0.05, 0) is 6.07 Å². The molecule has 0 amide bonds. The summed E-state index contributed by atoms with van der Waals surface area (Å²) in [5, 5.41) is 12.0. The highest BCUT2D eigenvalue weighted by Crippen LogP contribution is 2.04. The molecule has 0 saturated carbocycles. The molecule has 0 saturated heterocycles. The van der Waals surface area contributed by atoms with Gasteiger partial charge in [-0.3, -0.25) is 9.48 Å². The van der Waals surface area contributed by atoms with E-state index in [1.807, 2.05) is 0 Å². The third kappa shape index (κ3) is 2.81. The molecule has 1 N–H and O–H groups in total. The Labute approximate surface area is 72.8 Å². The van der Waals surface area contributed by atoms with Gasteiger partial charge in [0.1, 0.15) is 6.54 Å². The molecule has 0 bridgehead atoms. The smallest absolute Gasteiger partial charge is 0.309 e. The molecule has 0 unspecified atom stereocenters. The number of rotatable bonds is 4. The Hall–Kier alpha value is -1.46. The van der Waals surface area contributed by atoms with Gasteiger partial charge in [-0.2, -0.15) is 5.10 Å². The molecule has 0 radical (unpaired) electrons. The van der Waals surface area contributed by atoms with Crippen LogP contribution in [-0.2, 0) is 17.8 Å². The SMILES string of the molecule is O=C(O)Cc1ccnn1CC(F)F. The van der Waals surface area contributed by atoms with Crippen LogP contribution in [0.2, 0.25) is 0 Å². The number of aromatic nitrogens is 2. The molecule has 6 heteroatoms. The van der Waals surface area contributed by atoms with Crippen molar-refractivity contribution >= 4 is 5.97 Å². The summed E-state index contributed by atoms with van der Waals surface area (Å²) in [5.74, 6) is -1.06. The van der Waals surface area contributed by atoms with E-state index in [4.69, 9.17) is 5.11 Å². The second-order valence-corrected chi connectivity index (χ2v) is 2.47. The van der Waals surface area contributed by atoms with Crippen LogP contribution >= 0.6 is 0 Å². The fourth-order valence-corrected chi connectivity index (χ4v) is 0.960. The molecule has 4 nitrogen and oxygen atoms in total. The minimum absolute atomic E-state index is 0.285. The summed E-state index contributed by atoms with van der Waals surface area (Å²) >= 11 is 0.